The van der Waals surface area contributed by atoms with Crippen molar-refractivity contribution >= 4 is 11.6 Å². The van der Waals surface area contributed by atoms with Gasteiger partial charge in [-0.05, 0) is 42.0 Å². The fourth-order valence-electron chi connectivity index (χ4n) is 2.94. The van der Waals surface area contributed by atoms with Gasteiger partial charge in [0.05, 0.1) is 19.3 Å². The highest BCUT2D eigenvalue weighted by atomic mass is 19.1. The van der Waals surface area contributed by atoms with E-state index in [9.17, 15) is 9.18 Å². The number of nitrogens with zero attached hydrogens (tertiary/aromatic N) is 4. The van der Waals surface area contributed by atoms with Crippen LogP contribution >= 0.6 is 0 Å². The van der Waals surface area contributed by atoms with E-state index in [2.05, 4.69) is 15.6 Å². The largest absolute Gasteiger partial charge is 0.497 e. The van der Waals surface area contributed by atoms with E-state index in [1.54, 1.807) is 40.9 Å². The highest BCUT2D eigenvalue weighted by molar-refractivity contribution is 6.04. The molecule has 1 N–H and O–H groups in total. The maximum atomic E-state index is 13.9. The third kappa shape index (κ3) is 3.86. The number of carbonyl (C=O) groups excluding carboxylic acids is 1. The molecule has 2 aromatic carbocycles. The van der Waals surface area contributed by atoms with Crippen LogP contribution in [0.1, 0.15) is 16.1 Å². The summed E-state index contributed by atoms with van der Waals surface area (Å²) in [7, 11) is 1.61. The van der Waals surface area contributed by atoms with Gasteiger partial charge in [0.15, 0.2) is 11.5 Å². The number of amides is 1. The molecule has 0 unspecified atom stereocenters. The van der Waals surface area contributed by atoms with Crippen LogP contribution in [0.4, 0.5) is 10.1 Å². The Morgan fingerprint density at radius 2 is 1.79 bits per heavy atom. The molecule has 2 aromatic heterocycles. The first-order chi connectivity index (χ1) is 14.2. The van der Waals surface area contributed by atoms with E-state index in [-0.39, 0.29) is 11.4 Å². The molecule has 1 amide bonds. The summed E-state index contributed by atoms with van der Waals surface area (Å²) in [6.45, 7) is 0.400. The molecule has 7 nitrogen and oxygen atoms in total. The van der Waals surface area contributed by atoms with Gasteiger partial charge in [0, 0.05) is 12.4 Å². The van der Waals surface area contributed by atoms with E-state index in [1.807, 2.05) is 36.4 Å². The Hall–Kier alpha value is -3.94. The lowest BCUT2D eigenvalue weighted by atomic mass is 10.2. The van der Waals surface area contributed by atoms with Crippen LogP contribution in [0.5, 0.6) is 5.75 Å². The van der Waals surface area contributed by atoms with E-state index in [1.165, 1.54) is 12.1 Å². The van der Waals surface area contributed by atoms with Gasteiger partial charge in [-0.15, -0.1) is 5.10 Å². The van der Waals surface area contributed by atoms with Gasteiger partial charge in [-0.1, -0.05) is 29.5 Å². The molecule has 0 bridgehead atoms. The summed E-state index contributed by atoms with van der Waals surface area (Å²) in [5.74, 6) is 0.177. The van der Waals surface area contributed by atoms with E-state index < -0.39 is 11.7 Å². The highest BCUT2D eigenvalue weighted by Crippen LogP contribution is 2.19. The lowest BCUT2D eigenvalue weighted by Gasteiger charge is -2.10. The van der Waals surface area contributed by atoms with Crippen molar-refractivity contribution in [2.24, 2.45) is 0 Å². The molecule has 0 radical (unpaired) electrons. The van der Waals surface area contributed by atoms with Crippen LogP contribution in [0.3, 0.4) is 0 Å². The molecule has 0 atom stereocenters. The van der Waals surface area contributed by atoms with Crippen molar-refractivity contribution in [2.75, 3.05) is 12.4 Å². The van der Waals surface area contributed by atoms with Crippen molar-refractivity contribution < 1.29 is 13.9 Å². The first kappa shape index (κ1) is 18.4. The SMILES string of the molecule is COc1ccc(Cn2nnc(C(=O)Nc3ccccc3F)c2-n2cccc2)cc1. The number of rotatable bonds is 6. The molecule has 4 rings (SSSR count). The fourth-order valence-corrected chi connectivity index (χ4v) is 2.94. The molecular formula is C21H18FN5O2. The molecule has 8 heteroatoms. The zero-order valence-electron chi connectivity index (χ0n) is 15.6. The summed E-state index contributed by atoms with van der Waals surface area (Å²) >= 11 is 0. The predicted octanol–water partition coefficient (Wildman–Crippen LogP) is 3.52. The maximum Gasteiger partial charge on any atom is 0.280 e. The second kappa shape index (κ2) is 7.97. The van der Waals surface area contributed by atoms with E-state index in [0.29, 0.717) is 12.4 Å². The predicted molar refractivity (Wildman–Crippen MR) is 106 cm³/mol. The van der Waals surface area contributed by atoms with Crippen molar-refractivity contribution in [3.63, 3.8) is 0 Å². The second-order valence-electron chi connectivity index (χ2n) is 6.29. The lowest BCUT2D eigenvalue weighted by Crippen LogP contribution is -2.17. The van der Waals surface area contributed by atoms with Gasteiger partial charge < -0.3 is 14.6 Å². The number of nitrogens with one attached hydrogen (secondary N) is 1. The number of aromatic nitrogens is 4. The third-order valence-corrected chi connectivity index (χ3v) is 4.39. The standard InChI is InChI=1S/C21H18FN5O2/c1-29-16-10-8-15(9-11-16)14-27-21(26-12-4-5-13-26)19(24-25-27)20(28)23-18-7-3-2-6-17(18)22/h2-13H,14H2,1H3,(H,23,28). The van der Waals surface area contributed by atoms with Crippen molar-refractivity contribution in [2.45, 2.75) is 6.54 Å². The number of hydrogen-bond acceptors (Lipinski definition) is 4. The molecule has 0 fully saturated rings. The summed E-state index contributed by atoms with van der Waals surface area (Å²) in [6.07, 6.45) is 3.59. The Morgan fingerprint density at radius 1 is 1.07 bits per heavy atom. The Labute approximate surface area is 166 Å². The summed E-state index contributed by atoms with van der Waals surface area (Å²) in [4.78, 5) is 12.8. The van der Waals surface area contributed by atoms with Gasteiger partial charge in [-0.2, -0.15) is 0 Å². The van der Waals surface area contributed by atoms with Crippen molar-refractivity contribution in [3.05, 3.63) is 90.1 Å². The average Bonchev–Trinajstić information content (AvgIpc) is 3.40. The Morgan fingerprint density at radius 3 is 2.48 bits per heavy atom. The van der Waals surface area contributed by atoms with E-state index >= 15 is 0 Å². The topological polar surface area (TPSA) is 74.0 Å². The molecule has 0 aliphatic carbocycles. The van der Waals surface area contributed by atoms with Gasteiger partial charge in [-0.3, -0.25) is 4.79 Å². The number of halogens is 1. The summed E-state index contributed by atoms with van der Waals surface area (Å²) in [6, 6.07) is 17.2. The minimum atomic E-state index is -0.542. The zero-order chi connectivity index (χ0) is 20.2. The van der Waals surface area contributed by atoms with Crippen molar-refractivity contribution in [3.8, 4) is 11.6 Å². The minimum absolute atomic E-state index is 0.0839. The number of hydrogen-bond donors (Lipinski definition) is 1. The van der Waals surface area contributed by atoms with Crippen LogP contribution in [-0.4, -0.2) is 32.6 Å². The normalized spacial score (nSPS) is 10.7. The molecule has 0 aliphatic heterocycles. The van der Waals surface area contributed by atoms with Gasteiger partial charge in [0.25, 0.3) is 5.91 Å². The van der Waals surface area contributed by atoms with Gasteiger partial charge in [-0.25, -0.2) is 9.07 Å². The smallest absolute Gasteiger partial charge is 0.280 e. The number of benzene rings is 2. The fraction of sp³-hybridized carbons (Fsp3) is 0.0952. The monoisotopic (exact) mass is 391 g/mol. The lowest BCUT2D eigenvalue weighted by molar-refractivity contribution is 0.102. The van der Waals surface area contributed by atoms with Crippen LogP contribution < -0.4 is 10.1 Å². The van der Waals surface area contributed by atoms with Crippen molar-refractivity contribution in [1.82, 2.24) is 19.6 Å². The first-order valence-corrected chi connectivity index (χ1v) is 8.91. The average molecular weight is 391 g/mol. The van der Waals surface area contributed by atoms with Crippen LogP contribution in [0, 0.1) is 5.82 Å². The molecule has 29 heavy (non-hydrogen) atoms. The molecule has 0 aliphatic rings. The van der Waals surface area contributed by atoms with Crippen LogP contribution in [-0.2, 0) is 6.54 Å². The maximum absolute atomic E-state index is 13.9. The second-order valence-corrected chi connectivity index (χ2v) is 6.29. The quantitative estimate of drug-likeness (QED) is 0.546. The summed E-state index contributed by atoms with van der Waals surface area (Å²) in [5, 5.41) is 10.8. The Kier molecular flexibility index (Phi) is 5.07. The van der Waals surface area contributed by atoms with E-state index in [4.69, 9.17) is 4.74 Å². The number of ether oxygens (including phenoxy) is 1. The molecule has 0 spiro atoms. The Bertz CT molecular complexity index is 1120. The van der Waals surface area contributed by atoms with Gasteiger partial charge in [0.1, 0.15) is 11.6 Å². The summed E-state index contributed by atoms with van der Waals surface area (Å²) in [5.41, 5.74) is 1.14. The molecule has 146 valence electrons. The molecule has 0 saturated carbocycles. The van der Waals surface area contributed by atoms with Crippen molar-refractivity contribution in [1.29, 1.82) is 0 Å². The van der Waals surface area contributed by atoms with Gasteiger partial charge >= 0.3 is 0 Å². The molecular weight excluding hydrogens is 373 g/mol. The highest BCUT2D eigenvalue weighted by Gasteiger charge is 2.22. The zero-order valence-corrected chi connectivity index (χ0v) is 15.6. The third-order valence-electron chi connectivity index (χ3n) is 4.39. The molecule has 4 aromatic rings. The molecule has 0 saturated heterocycles. The Balaban J connectivity index is 1.67. The number of anilines is 1. The number of methoxy groups -OCH3 is 1. The van der Waals surface area contributed by atoms with Crippen LogP contribution in [0.25, 0.3) is 5.82 Å². The van der Waals surface area contributed by atoms with E-state index in [0.717, 1.165) is 11.3 Å². The number of carbonyl (C=O) groups is 1. The van der Waals surface area contributed by atoms with Crippen LogP contribution in [0.2, 0.25) is 0 Å². The number of para-hydroxylation sites is 1. The summed E-state index contributed by atoms with van der Waals surface area (Å²) < 4.78 is 22.5. The minimum Gasteiger partial charge on any atom is -0.497 e. The molecule has 2 heterocycles. The first-order valence-electron chi connectivity index (χ1n) is 8.91. The van der Waals surface area contributed by atoms with Gasteiger partial charge in [0.2, 0.25) is 0 Å². The van der Waals surface area contributed by atoms with Crippen LogP contribution in [0.15, 0.2) is 73.1 Å².